The molecule has 2 aromatic rings. The van der Waals surface area contributed by atoms with E-state index in [9.17, 15) is 4.79 Å². The Morgan fingerprint density at radius 2 is 2.17 bits per heavy atom. The van der Waals surface area contributed by atoms with E-state index in [0.717, 1.165) is 36.3 Å². The molecule has 1 atom stereocenters. The summed E-state index contributed by atoms with van der Waals surface area (Å²) in [6.45, 7) is 6.67. The van der Waals surface area contributed by atoms with Crippen LogP contribution in [0.4, 0.5) is 0 Å². The molecule has 1 amide bonds. The minimum Gasteiger partial charge on any atom is -0.339 e. The van der Waals surface area contributed by atoms with Crippen LogP contribution in [0.5, 0.6) is 0 Å². The Kier molecular flexibility index (Phi) is 4.19. The molecule has 124 valence electrons. The number of carbonyl (C=O) groups is 1. The van der Waals surface area contributed by atoms with Crippen molar-refractivity contribution in [1.82, 2.24) is 24.8 Å². The number of hydrogen-bond donors (Lipinski definition) is 0. The van der Waals surface area contributed by atoms with Gasteiger partial charge in [0.25, 0.3) is 0 Å². The molecule has 3 rings (SSSR count). The van der Waals surface area contributed by atoms with Gasteiger partial charge in [0.15, 0.2) is 5.82 Å². The van der Waals surface area contributed by atoms with Gasteiger partial charge in [-0.15, -0.1) is 0 Å². The highest BCUT2D eigenvalue weighted by molar-refractivity contribution is 5.80. The number of hydrogen-bond acceptors (Lipinski definition) is 5. The van der Waals surface area contributed by atoms with Crippen LogP contribution in [-0.4, -0.2) is 37.3 Å². The van der Waals surface area contributed by atoms with Gasteiger partial charge in [0.1, 0.15) is 0 Å². The Morgan fingerprint density at radius 3 is 2.78 bits per heavy atom. The van der Waals surface area contributed by atoms with Crippen molar-refractivity contribution in [1.29, 1.82) is 0 Å². The minimum atomic E-state index is -0.0659. The maximum Gasteiger partial charge on any atom is 0.227 e. The van der Waals surface area contributed by atoms with Crippen molar-refractivity contribution < 1.29 is 9.32 Å². The van der Waals surface area contributed by atoms with Crippen molar-refractivity contribution >= 4 is 5.91 Å². The summed E-state index contributed by atoms with van der Waals surface area (Å²) in [6, 6.07) is -0.0659. The summed E-state index contributed by atoms with van der Waals surface area (Å²) >= 11 is 0. The fourth-order valence-corrected chi connectivity index (χ4v) is 3.21. The highest BCUT2D eigenvalue weighted by Gasteiger charge is 2.33. The average molecular weight is 317 g/mol. The van der Waals surface area contributed by atoms with Crippen molar-refractivity contribution in [2.75, 3.05) is 6.54 Å². The predicted molar refractivity (Wildman–Crippen MR) is 83.8 cm³/mol. The lowest BCUT2D eigenvalue weighted by Gasteiger charge is -2.22. The molecule has 2 aromatic heterocycles. The van der Waals surface area contributed by atoms with Gasteiger partial charge in [-0.25, -0.2) is 0 Å². The van der Waals surface area contributed by atoms with Gasteiger partial charge in [-0.1, -0.05) is 12.1 Å². The summed E-state index contributed by atoms with van der Waals surface area (Å²) in [5.74, 6) is 1.36. The Bertz CT molecular complexity index is 718. The SMILES string of the molecule is CCc1nc([C@@H]2CCCN2C(=O)Cc2c(C)nn(C)c2C)no1. The van der Waals surface area contributed by atoms with Crippen LogP contribution in [0, 0.1) is 13.8 Å². The molecule has 3 heterocycles. The van der Waals surface area contributed by atoms with Gasteiger partial charge >= 0.3 is 0 Å². The normalized spacial score (nSPS) is 17.9. The first-order valence-corrected chi connectivity index (χ1v) is 8.12. The van der Waals surface area contributed by atoms with E-state index < -0.39 is 0 Å². The highest BCUT2D eigenvalue weighted by atomic mass is 16.5. The second-order valence-corrected chi connectivity index (χ2v) is 6.09. The van der Waals surface area contributed by atoms with E-state index >= 15 is 0 Å². The van der Waals surface area contributed by atoms with Gasteiger partial charge < -0.3 is 9.42 Å². The molecule has 0 saturated carbocycles. The molecule has 7 heteroatoms. The van der Waals surface area contributed by atoms with Crippen LogP contribution < -0.4 is 0 Å². The van der Waals surface area contributed by atoms with Gasteiger partial charge in [-0.2, -0.15) is 10.1 Å². The van der Waals surface area contributed by atoms with Gasteiger partial charge in [-0.3, -0.25) is 9.48 Å². The zero-order valence-electron chi connectivity index (χ0n) is 14.2. The Hall–Kier alpha value is -2.18. The molecule has 1 fully saturated rings. The van der Waals surface area contributed by atoms with E-state index in [4.69, 9.17) is 4.52 Å². The smallest absolute Gasteiger partial charge is 0.227 e. The van der Waals surface area contributed by atoms with Gasteiger partial charge in [0.2, 0.25) is 11.8 Å². The fourth-order valence-electron chi connectivity index (χ4n) is 3.21. The van der Waals surface area contributed by atoms with Gasteiger partial charge in [0, 0.05) is 31.3 Å². The number of nitrogens with zero attached hydrogens (tertiary/aromatic N) is 5. The first-order chi connectivity index (χ1) is 11.0. The molecule has 1 aliphatic heterocycles. The van der Waals surface area contributed by atoms with Crippen molar-refractivity contribution in [2.45, 2.75) is 52.5 Å². The molecule has 1 aliphatic rings. The van der Waals surface area contributed by atoms with E-state index in [-0.39, 0.29) is 11.9 Å². The molecule has 0 aliphatic carbocycles. The summed E-state index contributed by atoms with van der Waals surface area (Å²) in [5, 5.41) is 8.44. The summed E-state index contributed by atoms with van der Waals surface area (Å²) < 4.78 is 7.03. The summed E-state index contributed by atoms with van der Waals surface area (Å²) in [4.78, 5) is 19.1. The molecule has 1 saturated heterocycles. The molecule has 0 radical (unpaired) electrons. The van der Waals surface area contributed by atoms with Gasteiger partial charge in [0.05, 0.1) is 18.2 Å². The highest BCUT2D eigenvalue weighted by Crippen LogP contribution is 2.31. The molecular formula is C16H23N5O2. The first-order valence-electron chi connectivity index (χ1n) is 8.12. The molecular weight excluding hydrogens is 294 g/mol. The number of aromatic nitrogens is 4. The Labute approximate surface area is 135 Å². The largest absolute Gasteiger partial charge is 0.339 e. The zero-order valence-corrected chi connectivity index (χ0v) is 14.2. The fraction of sp³-hybridized carbons (Fsp3) is 0.625. The maximum absolute atomic E-state index is 12.8. The van der Waals surface area contributed by atoms with E-state index in [2.05, 4.69) is 15.2 Å². The van der Waals surface area contributed by atoms with E-state index in [1.807, 2.05) is 37.4 Å². The van der Waals surface area contributed by atoms with Crippen LogP contribution in [-0.2, 0) is 24.7 Å². The van der Waals surface area contributed by atoms with E-state index in [1.165, 1.54) is 0 Å². The van der Waals surface area contributed by atoms with Crippen LogP contribution in [0.25, 0.3) is 0 Å². The minimum absolute atomic E-state index is 0.0659. The zero-order chi connectivity index (χ0) is 16.6. The quantitative estimate of drug-likeness (QED) is 0.860. The van der Waals surface area contributed by atoms with Crippen LogP contribution in [0.2, 0.25) is 0 Å². The predicted octanol–water partition coefficient (Wildman–Crippen LogP) is 1.89. The van der Waals surface area contributed by atoms with Crippen LogP contribution in [0.15, 0.2) is 4.52 Å². The molecule has 23 heavy (non-hydrogen) atoms. The van der Waals surface area contributed by atoms with E-state index in [0.29, 0.717) is 24.6 Å². The maximum atomic E-state index is 12.8. The topological polar surface area (TPSA) is 77.1 Å². The van der Waals surface area contributed by atoms with Gasteiger partial charge in [-0.05, 0) is 26.7 Å². The number of amides is 1. The number of likely N-dealkylation sites (tertiary alicyclic amines) is 1. The number of carbonyl (C=O) groups excluding carboxylic acids is 1. The Balaban J connectivity index is 1.78. The average Bonchev–Trinajstić information content (AvgIpc) is 3.22. The Morgan fingerprint density at radius 1 is 1.39 bits per heavy atom. The monoisotopic (exact) mass is 317 g/mol. The number of rotatable bonds is 4. The molecule has 0 unspecified atom stereocenters. The third-order valence-electron chi connectivity index (χ3n) is 4.64. The third-order valence-corrected chi connectivity index (χ3v) is 4.64. The molecule has 0 N–H and O–H groups in total. The van der Waals surface area contributed by atoms with Crippen LogP contribution >= 0.6 is 0 Å². The summed E-state index contributed by atoms with van der Waals surface area (Å²) in [5.41, 5.74) is 2.98. The third kappa shape index (κ3) is 2.87. The van der Waals surface area contributed by atoms with Crippen molar-refractivity contribution in [2.24, 2.45) is 7.05 Å². The second-order valence-electron chi connectivity index (χ2n) is 6.09. The first kappa shape index (κ1) is 15.7. The standard InChI is InChI=1S/C16H23N5O2/c1-5-14-17-16(19-23-14)13-7-6-8-21(13)15(22)9-12-10(2)18-20(4)11(12)3/h13H,5-9H2,1-4H3/t13-/m0/s1. The van der Waals surface area contributed by atoms with Crippen LogP contribution in [0.3, 0.4) is 0 Å². The molecule has 7 nitrogen and oxygen atoms in total. The summed E-state index contributed by atoms with van der Waals surface area (Å²) in [7, 11) is 1.90. The number of aryl methyl sites for hydroxylation is 3. The molecule has 0 bridgehead atoms. The van der Waals surface area contributed by atoms with Crippen LogP contribution in [0.1, 0.15) is 54.5 Å². The van der Waals surface area contributed by atoms with Crippen molar-refractivity contribution in [3.8, 4) is 0 Å². The lowest BCUT2D eigenvalue weighted by molar-refractivity contribution is -0.131. The summed E-state index contributed by atoms with van der Waals surface area (Å²) in [6.07, 6.45) is 2.94. The van der Waals surface area contributed by atoms with Crippen molar-refractivity contribution in [3.05, 3.63) is 28.7 Å². The lowest BCUT2D eigenvalue weighted by Crippen LogP contribution is -2.32. The van der Waals surface area contributed by atoms with E-state index in [1.54, 1.807) is 0 Å². The second kappa shape index (κ2) is 6.14. The molecule has 0 aromatic carbocycles. The van der Waals surface area contributed by atoms with Crippen molar-refractivity contribution in [3.63, 3.8) is 0 Å². The lowest BCUT2D eigenvalue weighted by atomic mass is 10.1. The molecule has 0 spiro atoms.